The number of methoxy groups -OCH3 is 2. The molecule has 3 heterocycles. The fraction of sp³-hybridized carbons (Fsp3) is 0.296. The minimum absolute atomic E-state index is 0.0490. The van der Waals surface area contributed by atoms with E-state index in [4.69, 9.17) is 9.47 Å². The van der Waals surface area contributed by atoms with Gasteiger partial charge in [-0.3, -0.25) is 14.2 Å². The number of benzene rings is 2. The second kappa shape index (κ2) is 9.19. The van der Waals surface area contributed by atoms with Crippen LogP contribution < -0.4 is 15.0 Å². The van der Waals surface area contributed by atoms with Gasteiger partial charge in [-0.15, -0.1) is 11.3 Å². The molecule has 0 unspecified atom stereocenters. The lowest BCUT2D eigenvalue weighted by Gasteiger charge is -2.29. The number of aryl methyl sites for hydroxylation is 2. The van der Waals surface area contributed by atoms with Crippen molar-refractivity contribution < 1.29 is 14.3 Å². The van der Waals surface area contributed by atoms with Crippen LogP contribution in [-0.2, 0) is 24.3 Å². The predicted molar refractivity (Wildman–Crippen MR) is 137 cm³/mol. The molecule has 1 amide bonds. The van der Waals surface area contributed by atoms with Crippen LogP contribution in [0.15, 0.2) is 46.8 Å². The summed E-state index contributed by atoms with van der Waals surface area (Å²) in [6, 6.07) is 10.1. The summed E-state index contributed by atoms with van der Waals surface area (Å²) in [4.78, 5) is 33.6. The van der Waals surface area contributed by atoms with Gasteiger partial charge in [-0.25, -0.2) is 4.98 Å². The average molecular weight is 490 g/mol. The van der Waals surface area contributed by atoms with E-state index >= 15 is 0 Å². The third-order valence-corrected chi connectivity index (χ3v) is 7.64. The number of fused-ring (bicyclic) bond motifs is 2. The number of hydrogen-bond donors (Lipinski definition) is 0. The van der Waals surface area contributed by atoms with Gasteiger partial charge in [-0.2, -0.15) is 0 Å². The SMILES string of the molecule is COc1cc2c(cc1OC)CN(C(=O)Cn1cnc3scc(-c4ccc(C)c(C)c4)c3c1=O)CC2. The van der Waals surface area contributed by atoms with Crippen LogP contribution in [0.1, 0.15) is 22.3 Å². The normalized spacial score (nSPS) is 13.1. The van der Waals surface area contributed by atoms with Crippen molar-refractivity contribution >= 4 is 27.5 Å². The van der Waals surface area contributed by atoms with Crippen LogP contribution in [0, 0.1) is 13.8 Å². The van der Waals surface area contributed by atoms with Gasteiger partial charge in [0.2, 0.25) is 5.91 Å². The van der Waals surface area contributed by atoms with Crippen LogP contribution in [-0.4, -0.2) is 41.1 Å². The van der Waals surface area contributed by atoms with Crippen molar-refractivity contribution in [1.29, 1.82) is 0 Å². The molecule has 0 bridgehead atoms. The number of carbonyl (C=O) groups excluding carboxylic acids is 1. The van der Waals surface area contributed by atoms with E-state index < -0.39 is 0 Å². The molecular formula is C27H27N3O4S. The molecular weight excluding hydrogens is 462 g/mol. The van der Waals surface area contributed by atoms with E-state index in [1.165, 1.54) is 33.4 Å². The summed E-state index contributed by atoms with van der Waals surface area (Å²) in [5, 5.41) is 2.54. The maximum atomic E-state index is 13.4. The van der Waals surface area contributed by atoms with E-state index in [0.29, 0.717) is 34.8 Å². The zero-order valence-electron chi connectivity index (χ0n) is 20.3. The van der Waals surface area contributed by atoms with Crippen molar-refractivity contribution in [2.24, 2.45) is 0 Å². The van der Waals surface area contributed by atoms with Gasteiger partial charge >= 0.3 is 0 Å². The molecule has 0 aliphatic carbocycles. The Labute approximate surface area is 207 Å². The highest BCUT2D eigenvalue weighted by Crippen LogP contribution is 2.34. The fourth-order valence-corrected chi connectivity index (χ4v) is 5.45. The number of amides is 1. The third-order valence-electron chi connectivity index (χ3n) is 6.75. The van der Waals surface area contributed by atoms with Crippen LogP contribution in [0.4, 0.5) is 0 Å². The number of rotatable bonds is 5. The first-order valence-corrected chi connectivity index (χ1v) is 12.3. The van der Waals surface area contributed by atoms with Gasteiger partial charge in [-0.1, -0.05) is 18.2 Å². The van der Waals surface area contributed by atoms with E-state index in [1.54, 1.807) is 19.1 Å². The lowest BCUT2D eigenvalue weighted by atomic mass is 9.98. The first-order valence-electron chi connectivity index (χ1n) is 11.5. The molecule has 0 radical (unpaired) electrons. The fourth-order valence-electron chi connectivity index (χ4n) is 4.54. The summed E-state index contributed by atoms with van der Waals surface area (Å²) in [5.74, 6) is 1.21. The predicted octanol–water partition coefficient (Wildman–Crippen LogP) is 4.34. The second-order valence-corrected chi connectivity index (χ2v) is 9.71. The Balaban J connectivity index is 1.42. The number of carbonyl (C=O) groups is 1. The smallest absolute Gasteiger partial charge is 0.263 e. The van der Waals surface area contributed by atoms with Crippen molar-refractivity contribution in [3.63, 3.8) is 0 Å². The highest BCUT2D eigenvalue weighted by atomic mass is 32.1. The Morgan fingerprint density at radius 1 is 1.06 bits per heavy atom. The molecule has 8 heteroatoms. The van der Waals surface area contributed by atoms with E-state index in [9.17, 15) is 9.59 Å². The summed E-state index contributed by atoms with van der Waals surface area (Å²) >= 11 is 1.45. The van der Waals surface area contributed by atoms with Crippen molar-refractivity contribution in [2.75, 3.05) is 20.8 Å². The number of hydrogen-bond acceptors (Lipinski definition) is 6. The number of nitrogens with zero attached hydrogens (tertiary/aromatic N) is 3. The molecule has 1 aliphatic rings. The molecule has 1 aliphatic heterocycles. The second-order valence-electron chi connectivity index (χ2n) is 8.85. The quantitative estimate of drug-likeness (QED) is 0.417. The van der Waals surface area contributed by atoms with Crippen molar-refractivity contribution in [3.8, 4) is 22.6 Å². The lowest BCUT2D eigenvalue weighted by Crippen LogP contribution is -2.39. The maximum absolute atomic E-state index is 13.4. The Kier molecular flexibility index (Phi) is 6.06. The van der Waals surface area contributed by atoms with Crippen LogP contribution >= 0.6 is 11.3 Å². The molecule has 2 aromatic heterocycles. The molecule has 4 aromatic rings. The van der Waals surface area contributed by atoms with Crippen LogP contribution in [0.3, 0.4) is 0 Å². The first kappa shape index (κ1) is 23.1. The molecule has 180 valence electrons. The molecule has 0 saturated heterocycles. The van der Waals surface area contributed by atoms with E-state index in [1.807, 2.05) is 23.6 Å². The van der Waals surface area contributed by atoms with Gasteiger partial charge in [0.15, 0.2) is 11.5 Å². The Bertz CT molecular complexity index is 1500. The molecule has 35 heavy (non-hydrogen) atoms. The van der Waals surface area contributed by atoms with Crippen LogP contribution in [0.2, 0.25) is 0 Å². The summed E-state index contributed by atoms with van der Waals surface area (Å²) < 4.78 is 12.2. The number of ether oxygens (including phenoxy) is 2. The summed E-state index contributed by atoms with van der Waals surface area (Å²) in [5.41, 5.74) is 6.19. The Morgan fingerprint density at radius 2 is 1.80 bits per heavy atom. The molecule has 0 N–H and O–H groups in total. The van der Waals surface area contributed by atoms with E-state index in [-0.39, 0.29) is 18.0 Å². The highest BCUT2D eigenvalue weighted by Gasteiger charge is 2.24. The van der Waals surface area contributed by atoms with Crippen LogP contribution in [0.5, 0.6) is 11.5 Å². The van der Waals surface area contributed by atoms with Gasteiger partial charge in [0.05, 0.1) is 25.9 Å². The standard InChI is InChI=1S/C27H27N3O4S/c1-16-5-6-19(9-17(16)2)21-14-35-26-25(21)27(32)30(15-28-26)13-24(31)29-8-7-18-10-22(33-3)23(34-4)11-20(18)12-29/h5-6,9-11,14-15H,7-8,12-13H2,1-4H3. The molecule has 2 aromatic carbocycles. The monoisotopic (exact) mass is 489 g/mol. The molecule has 0 atom stereocenters. The third kappa shape index (κ3) is 4.18. The zero-order valence-corrected chi connectivity index (χ0v) is 21.1. The van der Waals surface area contributed by atoms with Crippen molar-refractivity contribution in [3.05, 3.63) is 74.6 Å². The largest absolute Gasteiger partial charge is 0.493 e. The topological polar surface area (TPSA) is 73.7 Å². The zero-order chi connectivity index (χ0) is 24.7. The molecule has 7 nitrogen and oxygen atoms in total. The van der Waals surface area contributed by atoms with Crippen molar-refractivity contribution in [2.45, 2.75) is 33.4 Å². The lowest BCUT2D eigenvalue weighted by molar-refractivity contribution is -0.132. The number of thiophene rings is 1. The van der Waals surface area contributed by atoms with E-state index in [0.717, 1.165) is 28.7 Å². The Morgan fingerprint density at radius 3 is 2.51 bits per heavy atom. The minimum atomic E-state index is -0.193. The highest BCUT2D eigenvalue weighted by molar-refractivity contribution is 7.17. The molecule has 0 saturated carbocycles. The first-order chi connectivity index (χ1) is 16.9. The molecule has 0 fully saturated rings. The van der Waals surface area contributed by atoms with E-state index in [2.05, 4.69) is 31.0 Å². The molecule has 5 rings (SSSR count). The maximum Gasteiger partial charge on any atom is 0.263 e. The Hall–Kier alpha value is -3.65. The van der Waals surface area contributed by atoms with Gasteiger partial charge in [-0.05, 0) is 60.2 Å². The number of aromatic nitrogens is 2. The van der Waals surface area contributed by atoms with Gasteiger partial charge in [0.1, 0.15) is 11.4 Å². The average Bonchev–Trinajstić information content (AvgIpc) is 3.31. The van der Waals surface area contributed by atoms with Gasteiger partial charge in [0, 0.05) is 24.0 Å². The minimum Gasteiger partial charge on any atom is -0.493 e. The summed E-state index contributed by atoms with van der Waals surface area (Å²) in [6.07, 6.45) is 2.20. The summed E-state index contributed by atoms with van der Waals surface area (Å²) in [7, 11) is 3.21. The van der Waals surface area contributed by atoms with Crippen molar-refractivity contribution in [1.82, 2.24) is 14.5 Å². The van der Waals surface area contributed by atoms with Gasteiger partial charge < -0.3 is 14.4 Å². The van der Waals surface area contributed by atoms with Gasteiger partial charge in [0.25, 0.3) is 5.56 Å². The summed E-state index contributed by atoms with van der Waals surface area (Å²) in [6.45, 7) is 5.12. The van der Waals surface area contributed by atoms with Crippen LogP contribution in [0.25, 0.3) is 21.3 Å². The molecule has 0 spiro atoms.